The molecule has 2 aliphatic heterocycles. The van der Waals surface area contributed by atoms with Crippen molar-refractivity contribution in [3.05, 3.63) is 39.1 Å². The minimum absolute atomic E-state index is 0.0448. The molecule has 190 valence electrons. The Morgan fingerprint density at radius 1 is 1.17 bits per heavy atom. The van der Waals surface area contributed by atoms with Crippen molar-refractivity contribution in [2.24, 2.45) is 0 Å². The zero-order valence-electron chi connectivity index (χ0n) is 18.9. The number of H-pyrrole nitrogens is 1. The first-order chi connectivity index (χ1) is 16.6. The van der Waals surface area contributed by atoms with E-state index in [9.17, 15) is 22.8 Å². The predicted octanol–water partition coefficient (Wildman–Crippen LogP) is 2.43. The highest BCUT2D eigenvalue weighted by Crippen LogP contribution is 2.29. The van der Waals surface area contributed by atoms with Gasteiger partial charge in [-0.3, -0.25) is 9.59 Å². The Balaban J connectivity index is 1.24. The second kappa shape index (κ2) is 10.5. The molecule has 0 spiro atoms. The molecule has 2 saturated heterocycles. The minimum Gasteiger partial charge on any atom is -0.378 e. The number of aromatic amines is 1. The van der Waals surface area contributed by atoms with Crippen molar-refractivity contribution in [2.45, 2.75) is 50.6 Å². The minimum atomic E-state index is -4.52. The summed E-state index contributed by atoms with van der Waals surface area (Å²) in [6.45, 7) is 3.89. The summed E-state index contributed by atoms with van der Waals surface area (Å²) in [6, 6.07) is -0.117. The van der Waals surface area contributed by atoms with Gasteiger partial charge in [-0.05, 0) is 35.7 Å². The van der Waals surface area contributed by atoms with Crippen molar-refractivity contribution in [1.82, 2.24) is 25.1 Å². The number of halogens is 4. The van der Waals surface area contributed by atoms with E-state index in [0.717, 1.165) is 12.4 Å². The lowest BCUT2D eigenvalue weighted by molar-refractivity contribution is -0.141. The molecule has 1 amide bonds. The number of hydrogen-bond acceptors (Lipinski definition) is 8. The van der Waals surface area contributed by atoms with E-state index in [4.69, 9.17) is 4.74 Å². The third kappa shape index (κ3) is 5.92. The highest BCUT2D eigenvalue weighted by Gasteiger charge is 2.38. The van der Waals surface area contributed by atoms with Crippen LogP contribution in [0.2, 0.25) is 0 Å². The highest BCUT2D eigenvalue weighted by molar-refractivity contribution is 9.10. The molecular formula is C21H25BrF3N7O3. The smallest absolute Gasteiger partial charge is 0.378 e. The van der Waals surface area contributed by atoms with Gasteiger partial charge in [0.05, 0.1) is 30.9 Å². The molecule has 2 unspecified atom stereocenters. The Labute approximate surface area is 207 Å². The average molecular weight is 560 g/mol. The Morgan fingerprint density at radius 3 is 2.57 bits per heavy atom. The van der Waals surface area contributed by atoms with Crippen molar-refractivity contribution in [1.29, 1.82) is 0 Å². The van der Waals surface area contributed by atoms with Gasteiger partial charge in [0, 0.05) is 38.1 Å². The van der Waals surface area contributed by atoms with Crippen LogP contribution in [0.15, 0.2) is 27.9 Å². The molecule has 2 fully saturated rings. The van der Waals surface area contributed by atoms with Crippen LogP contribution >= 0.6 is 15.9 Å². The second-order valence-electron chi connectivity index (χ2n) is 8.59. The van der Waals surface area contributed by atoms with Crippen LogP contribution in [0.5, 0.6) is 0 Å². The molecule has 0 aliphatic carbocycles. The van der Waals surface area contributed by atoms with Crippen molar-refractivity contribution < 1.29 is 22.7 Å². The van der Waals surface area contributed by atoms with E-state index in [2.05, 4.69) is 41.4 Å². The first-order valence-electron chi connectivity index (χ1n) is 11.2. The quantitative estimate of drug-likeness (QED) is 0.531. The van der Waals surface area contributed by atoms with Gasteiger partial charge in [-0.25, -0.2) is 15.1 Å². The van der Waals surface area contributed by atoms with Gasteiger partial charge in [-0.2, -0.15) is 18.3 Å². The van der Waals surface area contributed by atoms with Crippen LogP contribution in [0.25, 0.3) is 0 Å². The van der Waals surface area contributed by atoms with Gasteiger partial charge < -0.3 is 19.9 Å². The lowest BCUT2D eigenvalue weighted by Crippen LogP contribution is -2.47. The lowest BCUT2D eigenvalue weighted by Gasteiger charge is -2.37. The third-order valence-electron chi connectivity index (χ3n) is 6.09. The molecule has 4 rings (SSSR count). The molecule has 2 N–H and O–H groups in total. The summed E-state index contributed by atoms with van der Waals surface area (Å²) in [5.74, 6) is 0.345. The number of anilines is 2. The zero-order valence-corrected chi connectivity index (χ0v) is 20.5. The van der Waals surface area contributed by atoms with E-state index in [1.807, 2.05) is 16.7 Å². The Bertz CT molecular complexity index is 1090. The van der Waals surface area contributed by atoms with Gasteiger partial charge >= 0.3 is 6.18 Å². The maximum atomic E-state index is 12.9. The molecule has 0 aromatic carbocycles. The predicted molar refractivity (Wildman–Crippen MR) is 124 cm³/mol. The van der Waals surface area contributed by atoms with Crippen LogP contribution in [0.1, 0.15) is 31.9 Å². The van der Waals surface area contributed by atoms with Crippen molar-refractivity contribution in [2.75, 3.05) is 36.5 Å². The molecular weight excluding hydrogens is 535 g/mol. The van der Waals surface area contributed by atoms with Crippen LogP contribution in [0, 0.1) is 0 Å². The second-order valence-corrected chi connectivity index (χ2v) is 9.38. The summed E-state index contributed by atoms with van der Waals surface area (Å²) < 4.78 is 44.3. The first-order valence-corrected chi connectivity index (χ1v) is 12.0. The van der Waals surface area contributed by atoms with E-state index in [1.54, 1.807) is 0 Å². The molecule has 2 aromatic rings. The molecule has 35 heavy (non-hydrogen) atoms. The number of nitrogens with zero attached hydrogens (tertiary/aromatic N) is 5. The van der Waals surface area contributed by atoms with Gasteiger partial charge in [0.1, 0.15) is 16.4 Å². The van der Waals surface area contributed by atoms with E-state index in [1.165, 1.54) is 6.20 Å². The first kappa shape index (κ1) is 25.4. The topological polar surface area (TPSA) is 116 Å². The maximum Gasteiger partial charge on any atom is 0.434 e. The van der Waals surface area contributed by atoms with Crippen molar-refractivity contribution >= 4 is 33.3 Å². The van der Waals surface area contributed by atoms with E-state index in [0.29, 0.717) is 54.9 Å². The van der Waals surface area contributed by atoms with Crippen LogP contribution in [-0.2, 0) is 15.7 Å². The summed E-state index contributed by atoms with van der Waals surface area (Å²) in [6.07, 6.45) is 0.289. The largest absolute Gasteiger partial charge is 0.434 e. The molecule has 14 heteroatoms. The zero-order chi connectivity index (χ0) is 25.2. The standard InChI is InChI=1S/C21H25BrF3N7O3/c1-12(29-14-8-28-30-19(33)18(14)22)11-35-15-4-7-32(20(15)34)13-2-5-31(6-3-13)17-10-26-16(9-27-17)21(23,24)25/h8-10,12-13,15H,2-7,11H2,1H3,(H2,29,30,33). The number of carbonyl (C=O) groups is 1. The van der Waals surface area contributed by atoms with E-state index in [-0.39, 0.29) is 30.2 Å². The van der Waals surface area contributed by atoms with E-state index >= 15 is 0 Å². The van der Waals surface area contributed by atoms with Gasteiger partial charge in [0.15, 0.2) is 5.69 Å². The summed E-state index contributed by atoms with van der Waals surface area (Å²) in [7, 11) is 0. The molecule has 0 radical (unpaired) electrons. The number of nitrogens with one attached hydrogen (secondary N) is 2. The number of piperidine rings is 1. The molecule has 2 aliphatic rings. The Kier molecular flexibility index (Phi) is 7.59. The summed E-state index contributed by atoms with van der Waals surface area (Å²) >= 11 is 3.21. The number of aromatic nitrogens is 4. The fourth-order valence-corrected chi connectivity index (χ4v) is 4.59. The fraction of sp³-hybridized carbons (Fsp3) is 0.571. The van der Waals surface area contributed by atoms with Crippen molar-refractivity contribution in [3.8, 4) is 0 Å². The average Bonchev–Trinajstić information content (AvgIpc) is 3.20. The molecule has 10 nitrogen and oxygen atoms in total. The monoisotopic (exact) mass is 559 g/mol. The van der Waals surface area contributed by atoms with Crippen LogP contribution in [-0.4, -0.2) is 75.4 Å². The Hall–Kier alpha value is -2.74. The Morgan fingerprint density at radius 2 is 1.91 bits per heavy atom. The summed E-state index contributed by atoms with van der Waals surface area (Å²) in [4.78, 5) is 35.7. The van der Waals surface area contributed by atoms with Gasteiger partial charge in [0.2, 0.25) is 0 Å². The van der Waals surface area contributed by atoms with E-state index < -0.39 is 18.0 Å². The summed E-state index contributed by atoms with van der Waals surface area (Å²) in [5.41, 5.74) is -0.828. The van der Waals surface area contributed by atoms with Crippen LogP contribution < -0.4 is 15.8 Å². The number of ether oxygens (including phenoxy) is 1. The normalized spacial score (nSPS) is 20.4. The molecule has 2 atom stereocenters. The van der Waals surface area contributed by atoms with Gasteiger partial charge in [-0.15, -0.1) is 0 Å². The molecule has 0 bridgehead atoms. The molecule has 2 aromatic heterocycles. The number of carbonyl (C=O) groups excluding carboxylic acids is 1. The highest BCUT2D eigenvalue weighted by atomic mass is 79.9. The molecule has 0 saturated carbocycles. The molecule has 4 heterocycles. The maximum absolute atomic E-state index is 12.9. The van der Waals surface area contributed by atoms with Crippen LogP contribution in [0.3, 0.4) is 0 Å². The fourth-order valence-electron chi connectivity index (χ4n) is 4.28. The lowest BCUT2D eigenvalue weighted by atomic mass is 10.0. The number of rotatable bonds is 7. The van der Waals surface area contributed by atoms with Gasteiger partial charge in [0.25, 0.3) is 11.5 Å². The number of alkyl halides is 3. The summed E-state index contributed by atoms with van der Waals surface area (Å²) in [5, 5.41) is 9.23. The van der Waals surface area contributed by atoms with Crippen LogP contribution in [0.4, 0.5) is 24.7 Å². The van der Waals surface area contributed by atoms with Crippen molar-refractivity contribution in [3.63, 3.8) is 0 Å². The number of likely N-dealkylation sites (tertiary alicyclic amines) is 1. The number of amides is 1. The van der Waals surface area contributed by atoms with Gasteiger partial charge in [-0.1, -0.05) is 0 Å². The SMILES string of the molecule is CC(COC1CCN(C2CCN(c3cnc(C(F)(F)F)cn3)CC2)C1=O)Nc1cn[nH]c(=O)c1Br. The third-order valence-corrected chi connectivity index (χ3v) is 6.88. The number of hydrogen-bond donors (Lipinski definition) is 2.